The molecule has 0 spiro atoms. The summed E-state index contributed by atoms with van der Waals surface area (Å²) >= 11 is 0. The third-order valence-corrected chi connectivity index (χ3v) is 2.17. The molecule has 14 heavy (non-hydrogen) atoms. The van der Waals surface area contributed by atoms with Crippen LogP contribution in [0.15, 0.2) is 12.2 Å². The van der Waals surface area contributed by atoms with E-state index in [2.05, 4.69) is 29.2 Å². The number of rotatable bonds is 3. The van der Waals surface area contributed by atoms with Gasteiger partial charge in [0.05, 0.1) is 0 Å². The molecule has 0 heterocycles. The Morgan fingerprint density at radius 3 is 1.57 bits per heavy atom. The number of ketones is 1. The van der Waals surface area contributed by atoms with Crippen molar-refractivity contribution in [2.24, 2.45) is 0 Å². The fraction of sp³-hybridized carbons (Fsp3) is 0.375. The molecule has 0 aromatic heterocycles. The molecule has 0 N–H and O–H groups in total. The summed E-state index contributed by atoms with van der Waals surface area (Å²) in [7, 11) is -0.326. The third-order valence-electron chi connectivity index (χ3n) is 1.05. The smallest absolute Gasteiger partial charge is 0.371 e. The second-order valence-corrected chi connectivity index (χ2v) is 4.09. The van der Waals surface area contributed by atoms with Gasteiger partial charge < -0.3 is 13.8 Å². The largest absolute Gasteiger partial charge is 3.00 e. The van der Waals surface area contributed by atoms with Gasteiger partial charge in [0, 0.05) is 20.0 Å². The van der Waals surface area contributed by atoms with Crippen molar-refractivity contribution in [2.75, 3.05) is 14.2 Å². The van der Waals surface area contributed by atoms with Gasteiger partial charge in [0.15, 0.2) is 7.60 Å². The molecular formula is C8H15O4PY+. The van der Waals surface area contributed by atoms with Gasteiger partial charge in [-0.15, -0.1) is 0 Å². The van der Waals surface area contributed by atoms with Gasteiger partial charge in [-0.05, 0) is 6.92 Å². The summed E-state index contributed by atoms with van der Waals surface area (Å²) in [5.74, 6) is -0.0463. The summed E-state index contributed by atoms with van der Waals surface area (Å²) in [5, 5.41) is 0. The van der Waals surface area contributed by atoms with Crippen molar-refractivity contribution in [1.82, 2.24) is 0 Å². The van der Waals surface area contributed by atoms with Crippen LogP contribution >= 0.6 is 7.60 Å². The van der Waals surface area contributed by atoms with Crippen molar-refractivity contribution in [2.45, 2.75) is 6.92 Å². The summed E-state index contributed by atoms with van der Waals surface area (Å²) in [6.07, 6.45) is 0. The number of allylic oxidation sites excluding steroid dienone is 1. The van der Waals surface area contributed by atoms with Crippen molar-refractivity contribution in [3.05, 3.63) is 25.7 Å². The monoisotopic (exact) mass is 295 g/mol. The van der Waals surface area contributed by atoms with Crippen LogP contribution in [0.2, 0.25) is 0 Å². The predicted octanol–water partition coefficient (Wildman–Crippen LogP) is 2.23. The zero-order valence-corrected chi connectivity index (χ0v) is 12.5. The molecule has 4 nitrogen and oxygen atoms in total. The van der Waals surface area contributed by atoms with Crippen LogP contribution in [0.4, 0.5) is 0 Å². The van der Waals surface area contributed by atoms with Gasteiger partial charge in [0.25, 0.3) is 0 Å². The molecule has 0 rings (SSSR count). The number of Topliss-reactive ketones (excluding diaryl/α,β-unsaturated/α-hetero) is 1. The van der Waals surface area contributed by atoms with E-state index in [-0.39, 0.29) is 38.5 Å². The van der Waals surface area contributed by atoms with E-state index in [1.165, 1.54) is 21.1 Å². The third kappa shape index (κ3) is 15.0. The van der Waals surface area contributed by atoms with Gasteiger partial charge >= 0.3 is 32.7 Å². The molecule has 0 radical (unpaired) electrons. The van der Waals surface area contributed by atoms with E-state index in [0.717, 1.165) is 0 Å². The predicted molar refractivity (Wildman–Crippen MR) is 52.2 cm³/mol. The second kappa shape index (κ2) is 10.1. The summed E-state index contributed by atoms with van der Waals surface area (Å²) in [5.41, 5.74) is 0.370. The average molecular weight is 295 g/mol. The molecule has 0 aromatic rings. The van der Waals surface area contributed by atoms with E-state index >= 15 is 0 Å². The maximum absolute atomic E-state index is 10.4. The van der Waals surface area contributed by atoms with Gasteiger partial charge in [0.2, 0.25) is 0 Å². The number of carbonyl (C=O) groups is 1. The molecule has 6 heteroatoms. The summed E-state index contributed by atoms with van der Waals surface area (Å²) < 4.78 is 19.0. The van der Waals surface area contributed by atoms with Gasteiger partial charge in [-0.1, -0.05) is 0 Å². The average Bonchev–Trinajstić information content (AvgIpc) is 2.05. The Kier molecular flexibility index (Phi) is 14.4. The number of carbonyl (C=O) groups excluding carboxylic acids is 1. The molecule has 0 saturated carbocycles. The Hall–Kier alpha value is 0.534. The maximum atomic E-state index is 10.4. The fourth-order valence-corrected chi connectivity index (χ4v) is 0.224. The molecule has 0 bridgehead atoms. The quantitative estimate of drug-likeness (QED) is 0.455. The molecule has 0 aromatic carbocycles. The first kappa shape index (κ1) is 20.0. The minimum atomic E-state index is -2.90. The molecule has 0 atom stereocenters. The van der Waals surface area contributed by atoms with Crippen LogP contribution in [0.3, 0.4) is 0 Å². The Morgan fingerprint density at radius 1 is 1.36 bits per heavy atom. The van der Waals surface area contributed by atoms with E-state index < -0.39 is 7.60 Å². The van der Waals surface area contributed by atoms with Gasteiger partial charge in [-0.2, -0.15) is 19.1 Å². The van der Waals surface area contributed by atoms with Crippen LogP contribution in [0.1, 0.15) is 6.92 Å². The van der Waals surface area contributed by atoms with E-state index in [1.54, 1.807) is 0 Å². The molecule has 0 aliphatic carbocycles. The van der Waals surface area contributed by atoms with Crippen molar-refractivity contribution in [3.8, 4) is 0 Å². The first-order valence-corrected chi connectivity index (χ1v) is 5.07. The number of hydrogen-bond acceptors (Lipinski definition) is 4. The topological polar surface area (TPSA) is 52.6 Å². The molecule has 0 unspecified atom stereocenters. The van der Waals surface area contributed by atoms with Crippen LogP contribution in [0.25, 0.3) is 0 Å². The molecule has 0 aliphatic rings. The van der Waals surface area contributed by atoms with Crippen LogP contribution in [-0.2, 0) is 51.1 Å². The zero-order chi connectivity index (χ0) is 11.1. The summed E-state index contributed by atoms with van der Waals surface area (Å²) in [6.45, 7) is 11.1. The first-order chi connectivity index (χ1) is 5.76. The fourth-order valence-electron chi connectivity index (χ4n) is 0.0745. The van der Waals surface area contributed by atoms with E-state index in [0.29, 0.717) is 5.57 Å². The Balaban J connectivity index is -0.000000163. The normalized spacial score (nSPS) is 9.14. The molecule has 78 valence electrons. The van der Waals surface area contributed by atoms with Crippen LogP contribution < -0.4 is 0 Å². The van der Waals surface area contributed by atoms with Crippen molar-refractivity contribution in [3.63, 3.8) is 0 Å². The van der Waals surface area contributed by atoms with Crippen molar-refractivity contribution < 1.29 is 51.1 Å². The van der Waals surface area contributed by atoms with Crippen molar-refractivity contribution >= 4 is 13.4 Å². The van der Waals surface area contributed by atoms with E-state index in [4.69, 9.17) is 0 Å². The van der Waals surface area contributed by atoms with E-state index in [1.807, 2.05) is 0 Å². The number of hydrogen-bond donors (Lipinski definition) is 0. The molecule has 0 saturated heterocycles. The van der Waals surface area contributed by atoms with E-state index in [9.17, 15) is 9.36 Å². The standard InChI is InChI=1S/C5H7O.C3H8O3P.Y/c1-4(2)5(3)6;1-5-7(3,4)6-2;/h1-2H2,3H3;3H2,1-2H3;/q2*-1;+3. The Morgan fingerprint density at radius 2 is 1.57 bits per heavy atom. The minimum Gasteiger partial charge on any atom is -0.371 e. The zero-order valence-electron chi connectivity index (χ0n) is 8.78. The maximum Gasteiger partial charge on any atom is 3.00 e. The Bertz CT molecular complexity index is 207. The summed E-state index contributed by atoms with van der Waals surface area (Å²) in [4.78, 5) is 9.98. The molecule has 0 amide bonds. The van der Waals surface area contributed by atoms with Crippen LogP contribution in [0.5, 0.6) is 0 Å². The first-order valence-electron chi connectivity index (χ1n) is 3.34. The van der Waals surface area contributed by atoms with Crippen LogP contribution in [0, 0.1) is 13.6 Å². The minimum absolute atomic E-state index is 0. The van der Waals surface area contributed by atoms with Gasteiger partial charge in [0.1, 0.15) is 0 Å². The Labute approximate surface area is 111 Å². The summed E-state index contributed by atoms with van der Waals surface area (Å²) in [6, 6.07) is 0. The SMILES string of the molecule is C=C([CH2-])C(C)=O.[CH2-]P(=O)(OC)OC.[Y+3]. The van der Waals surface area contributed by atoms with Gasteiger partial charge in [-0.25, -0.2) is 6.66 Å². The van der Waals surface area contributed by atoms with Gasteiger partial charge in [-0.3, -0.25) is 4.57 Å². The molecular weight excluding hydrogens is 280 g/mol. The van der Waals surface area contributed by atoms with Crippen molar-refractivity contribution in [1.29, 1.82) is 0 Å². The molecule has 0 aliphatic heterocycles. The second-order valence-electron chi connectivity index (χ2n) is 2.14. The molecule has 0 fully saturated rings. The van der Waals surface area contributed by atoms with Crippen LogP contribution in [-0.4, -0.2) is 20.0 Å².